The Kier molecular flexibility index (Phi) is 7.24. The van der Waals surface area contributed by atoms with Crippen LogP contribution in [0.5, 0.6) is 5.75 Å². The number of ketones is 1. The zero-order valence-electron chi connectivity index (χ0n) is 21.0. The Labute approximate surface area is 224 Å². The SMILES string of the molecule is COc1cnc(-c2ccc(SC)cc2)c2[nH]cc(C(=O)C(=O)N3CCC(=C(C#N)c4ccccn4)CC3)c12. The molecule has 9 heteroatoms. The van der Waals surface area contributed by atoms with Crippen LogP contribution in [-0.2, 0) is 4.79 Å². The maximum absolute atomic E-state index is 13.4. The van der Waals surface area contributed by atoms with Crippen LogP contribution < -0.4 is 4.74 Å². The Hall–Kier alpha value is -4.42. The number of H-pyrrole nitrogens is 1. The fraction of sp³-hybridized carbons (Fsp3) is 0.207. The molecule has 0 aliphatic carbocycles. The molecule has 1 aliphatic rings. The molecule has 8 nitrogen and oxygen atoms in total. The van der Waals surface area contributed by atoms with Crippen LogP contribution in [0.25, 0.3) is 27.7 Å². The van der Waals surface area contributed by atoms with Gasteiger partial charge >= 0.3 is 0 Å². The number of aromatic amines is 1. The van der Waals surface area contributed by atoms with Gasteiger partial charge in [-0.3, -0.25) is 19.6 Å². The Bertz CT molecular complexity index is 1580. The first-order chi connectivity index (χ1) is 18.5. The van der Waals surface area contributed by atoms with Crippen LogP contribution in [0.1, 0.15) is 28.9 Å². The van der Waals surface area contributed by atoms with E-state index in [0.29, 0.717) is 59.5 Å². The van der Waals surface area contributed by atoms with Gasteiger partial charge in [0.25, 0.3) is 11.7 Å². The van der Waals surface area contributed by atoms with Crippen molar-refractivity contribution in [2.24, 2.45) is 0 Å². The summed E-state index contributed by atoms with van der Waals surface area (Å²) in [5.41, 5.74) is 4.55. The number of methoxy groups -OCH3 is 1. The first-order valence-corrected chi connectivity index (χ1v) is 13.3. The summed E-state index contributed by atoms with van der Waals surface area (Å²) >= 11 is 1.65. The second kappa shape index (κ2) is 10.9. The number of thioether (sulfide) groups is 1. The summed E-state index contributed by atoms with van der Waals surface area (Å²) in [7, 11) is 1.51. The van der Waals surface area contributed by atoms with Crippen molar-refractivity contribution in [1.29, 1.82) is 5.26 Å². The number of nitrogens with one attached hydrogen (secondary N) is 1. The minimum atomic E-state index is -0.609. The summed E-state index contributed by atoms with van der Waals surface area (Å²) < 4.78 is 5.52. The normalized spacial score (nSPS) is 13.3. The number of carbonyl (C=O) groups is 2. The molecule has 1 fully saturated rings. The van der Waals surface area contributed by atoms with Gasteiger partial charge in [-0.2, -0.15) is 5.26 Å². The highest BCUT2D eigenvalue weighted by Gasteiger charge is 2.30. The summed E-state index contributed by atoms with van der Waals surface area (Å²) in [4.78, 5) is 41.4. The number of ether oxygens (including phenoxy) is 1. The maximum atomic E-state index is 13.4. The molecular weight excluding hydrogens is 498 g/mol. The van der Waals surface area contributed by atoms with E-state index in [2.05, 4.69) is 21.0 Å². The second-order valence-electron chi connectivity index (χ2n) is 8.78. The van der Waals surface area contributed by atoms with Gasteiger partial charge in [0, 0.05) is 35.9 Å². The molecule has 0 atom stereocenters. The largest absolute Gasteiger partial charge is 0.494 e. The number of amides is 1. The number of nitriles is 1. The van der Waals surface area contributed by atoms with Crippen molar-refractivity contribution in [2.75, 3.05) is 26.5 Å². The summed E-state index contributed by atoms with van der Waals surface area (Å²) in [6, 6.07) is 15.7. The van der Waals surface area contributed by atoms with Gasteiger partial charge in [-0.05, 0) is 48.9 Å². The van der Waals surface area contributed by atoms with E-state index in [4.69, 9.17) is 4.74 Å². The van der Waals surface area contributed by atoms with E-state index in [1.165, 1.54) is 7.11 Å². The van der Waals surface area contributed by atoms with Gasteiger partial charge in [-0.15, -0.1) is 11.8 Å². The minimum Gasteiger partial charge on any atom is -0.494 e. The second-order valence-corrected chi connectivity index (χ2v) is 9.66. The quantitative estimate of drug-likeness (QED) is 0.161. The lowest BCUT2D eigenvalue weighted by atomic mass is 9.95. The number of nitrogens with zero attached hydrogens (tertiary/aromatic N) is 4. The zero-order chi connectivity index (χ0) is 26.6. The Morgan fingerprint density at radius 1 is 1.11 bits per heavy atom. The Balaban J connectivity index is 1.41. The number of hydrogen-bond donors (Lipinski definition) is 1. The molecule has 1 amide bonds. The molecule has 4 heterocycles. The highest BCUT2D eigenvalue weighted by atomic mass is 32.2. The lowest BCUT2D eigenvalue weighted by molar-refractivity contribution is -0.126. The molecule has 1 N–H and O–H groups in total. The number of benzene rings is 1. The van der Waals surface area contributed by atoms with E-state index in [1.54, 1.807) is 47.4 Å². The summed E-state index contributed by atoms with van der Waals surface area (Å²) in [5.74, 6) is -0.770. The molecule has 0 saturated carbocycles. The molecule has 1 saturated heterocycles. The van der Waals surface area contributed by atoms with Crippen LogP contribution in [0.15, 0.2) is 71.5 Å². The molecule has 0 radical (unpaired) electrons. The van der Waals surface area contributed by atoms with Crippen LogP contribution in [-0.4, -0.2) is 58.0 Å². The fourth-order valence-electron chi connectivity index (χ4n) is 4.74. The van der Waals surface area contributed by atoms with Crippen LogP contribution in [0, 0.1) is 11.3 Å². The smallest absolute Gasteiger partial charge is 0.295 e. The van der Waals surface area contributed by atoms with E-state index in [0.717, 1.165) is 16.0 Å². The third kappa shape index (κ3) is 4.66. The summed E-state index contributed by atoms with van der Waals surface area (Å²) in [6.45, 7) is 0.706. The first kappa shape index (κ1) is 25.2. The van der Waals surface area contributed by atoms with Gasteiger partial charge in [0.1, 0.15) is 11.8 Å². The van der Waals surface area contributed by atoms with Gasteiger partial charge in [0.05, 0.1) is 46.7 Å². The number of rotatable bonds is 6. The van der Waals surface area contributed by atoms with Gasteiger partial charge in [-0.25, -0.2) is 0 Å². The molecular formula is C29H25N5O3S. The van der Waals surface area contributed by atoms with Crippen molar-refractivity contribution in [1.82, 2.24) is 19.9 Å². The fourth-order valence-corrected chi connectivity index (χ4v) is 5.14. The van der Waals surface area contributed by atoms with Crippen LogP contribution in [0.3, 0.4) is 0 Å². The molecule has 1 aliphatic heterocycles. The molecule has 0 spiro atoms. The van der Waals surface area contributed by atoms with Gasteiger partial charge in [0.2, 0.25) is 0 Å². The Morgan fingerprint density at radius 3 is 2.50 bits per heavy atom. The monoisotopic (exact) mass is 523 g/mol. The number of hydrogen-bond acceptors (Lipinski definition) is 7. The standard InChI is InChI=1S/C29H25N5O3S/c1-37-24-17-33-26(19-6-8-20(38-2)9-7-19)27-25(24)22(16-32-27)28(35)29(36)34-13-10-18(11-14-34)21(15-30)23-5-3-4-12-31-23/h3-9,12,16-17,32H,10-11,13-14H2,1-2H3. The van der Waals surface area contributed by atoms with Gasteiger partial charge in [0.15, 0.2) is 0 Å². The van der Waals surface area contributed by atoms with Crippen LogP contribution >= 0.6 is 11.8 Å². The summed E-state index contributed by atoms with van der Waals surface area (Å²) in [6.07, 6.45) is 7.82. The zero-order valence-corrected chi connectivity index (χ0v) is 21.8. The third-order valence-corrected chi connectivity index (χ3v) is 7.48. The molecule has 0 bridgehead atoms. The van der Waals surface area contributed by atoms with Gasteiger partial charge < -0.3 is 14.6 Å². The average molecular weight is 524 g/mol. The Morgan fingerprint density at radius 2 is 1.87 bits per heavy atom. The van der Waals surface area contributed by atoms with E-state index in [1.807, 2.05) is 36.6 Å². The highest BCUT2D eigenvalue weighted by molar-refractivity contribution is 7.98. The lowest BCUT2D eigenvalue weighted by Crippen LogP contribution is -2.40. The molecule has 1 aromatic carbocycles. The van der Waals surface area contributed by atoms with Crippen LogP contribution in [0.4, 0.5) is 0 Å². The van der Waals surface area contributed by atoms with Crippen molar-refractivity contribution in [3.8, 4) is 23.1 Å². The number of carbonyl (C=O) groups excluding carboxylic acids is 2. The number of Topliss-reactive ketones (excluding diaryl/α,β-unsaturated/α-hetero) is 1. The lowest BCUT2D eigenvalue weighted by Gasteiger charge is -2.28. The number of piperidine rings is 1. The average Bonchev–Trinajstić information content (AvgIpc) is 3.43. The van der Waals surface area contributed by atoms with E-state index in [-0.39, 0.29) is 5.56 Å². The van der Waals surface area contributed by atoms with E-state index >= 15 is 0 Å². The number of allylic oxidation sites excluding steroid dienone is 1. The molecule has 4 aromatic rings. The predicted octanol–water partition coefficient (Wildman–Crippen LogP) is 5.14. The van der Waals surface area contributed by atoms with Gasteiger partial charge in [-0.1, -0.05) is 18.2 Å². The van der Waals surface area contributed by atoms with Crippen molar-refractivity contribution < 1.29 is 14.3 Å². The van der Waals surface area contributed by atoms with Crippen molar-refractivity contribution >= 4 is 39.9 Å². The minimum absolute atomic E-state index is 0.249. The van der Waals surface area contributed by atoms with Crippen molar-refractivity contribution in [2.45, 2.75) is 17.7 Å². The molecule has 5 rings (SSSR count). The molecule has 190 valence electrons. The molecule has 0 unspecified atom stereocenters. The maximum Gasteiger partial charge on any atom is 0.295 e. The number of likely N-dealkylation sites (tertiary alicyclic amines) is 1. The van der Waals surface area contributed by atoms with Crippen molar-refractivity contribution in [3.63, 3.8) is 0 Å². The highest BCUT2D eigenvalue weighted by Crippen LogP contribution is 2.35. The predicted molar refractivity (Wildman–Crippen MR) is 147 cm³/mol. The van der Waals surface area contributed by atoms with Crippen LogP contribution in [0.2, 0.25) is 0 Å². The summed E-state index contributed by atoms with van der Waals surface area (Å²) in [5, 5.41) is 10.2. The van der Waals surface area contributed by atoms with E-state index < -0.39 is 11.7 Å². The molecule has 38 heavy (non-hydrogen) atoms. The van der Waals surface area contributed by atoms with E-state index in [9.17, 15) is 14.9 Å². The number of aromatic nitrogens is 3. The topological polar surface area (TPSA) is 112 Å². The third-order valence-electron chi connectivity index (χ3n) is 6.74. The van der Waals surface area contributed by atoms with Crippen molar-refractivity contribution in [3.05, 3.63) is 77.9 Å². The molecule has 3 aromatic heterocycles. The number of pyridine rings is 2. The first-order valence-electron chi connectivity index (χ1n) is 12.1. The number of fused-ring (bicyclic) bond motifs is 1.